The fraction of sp³-hybridized carbons (Fsp3) is 0.0526. The van der Waals surface area contributed by atoms with Crippen LogP contribution in [0.3, 0.4) is 0 Å². The van der Waals surface area contributed by atoms with Gasteiger partial charge >= 0.3 is 0 Å². The predicted molar refractivity (Wildman–Crippen MR) is 89.4 cm³/mol. The third kappa shape index (κ3) is 4.22. The van der Waals surface area contributed by atoms with Crippen molar-refractivity contribution in [2.24, 2.45) is 0 Å². The highest BCUT2D eigenvalue weighted by Crippen LogP contribution is 2.21. The van der Waals surface area contributed by atoms with E-state index in [4.69, 9.17) is 11.2 Å². The van der Waals surface area contributed by atoms with Crippen molar-refractivity contribution in [2.75, 3.05) is 11.9 Å². The van der Waals surface area contributed by atoms with Gasteiger partial charge in [-0.3, -0.25) is 4.79 Å². The minimum Gasteiger partial charge on any atom is -0.480 e. The molecular weight excluding hydrogens is 307 g/mol. The fourth-order valence-corrected chi connectivity index (χ4v) is 1.91. The summed E-state index contributed by atoms with van der Waals surface area (Å²) in [5.74, 6) is 1.49. The van der Waals surface area contributed by atoms with Gasteiger partial charge in [0.2, 0.25) is 0 Å². The van der Waals surface area contributed by atoms with Crippen LogP contribution >= 0.6 is 0 Å². The molecule has 0 bridgehead atoms. The first-order chi connectivity index (χ1) is 11.7. The Morgan fingerprint density at radius 2 is 1.96 bits per heavy atom. The van der Waals surface area contributed by atoms with Crippen LogP contribution < -0.4 is 10.1 Å². The number of carbonyl (C=O) groups is 1. The molecule has 5 heteroatoms. The number of carbonyl (C=O) groups excluding carboxylic acids is 1. The lowest BCUT2D eigenvalue weighted by Crippen LogP contribution is -2.14. The van der Waals surface area contributed by atoms with Crippen molar-refractivity contribution >= 4 is 17.7 Å². The molecule has 2 aromatic rings. The SMILES string of the molecule is C#CCOc1ccccc1/C=C(\C#N)C(=O)Nc1ccccc1F. The van der Waals surface area contributed by atoms with E-state index in [0.717, 1.165) is 0 Å². The lowest BCUT2D eigenvalue weighted by atomic mass is 10.1. The lowest BCUT2D eigenvalue weighted by molar-refractivity contribution is -0.112. The number of hydrogen-bond donors (Lipinski definition) is 1. The largest absolute Gasteiger partial charge is 0.480 e. The Kier molecular flexibility index (Phi) is 5.71. The maximum Gasteiger partial charge on any atom is 0.266 e. The van der Waals surface area contributed by atoms with E-state index in [1.165, 1.54) is 24.3 Å². The third-order valence-electron chi connectivity index (χ3n) is 3.02. The zero-order chi connectivity index (χ0) is 17.4. The average molecular weight is 320 g/mol. The number of hydrogen-bond acceptors (Lipinski definition) is 3. The van der Waals surface area contributed by atoms with E-state index in [0.29, 0.717) is 11.3 Å². The second-order valence-electron chi connectivity index (χ2n) is 4.63. The van der Waals surface area contributed by atoms with Crippen LogP contribution in [0.5, 0.6) is 5.75 Å². The molecule has 1 N–H and O–H groups in total. The molecule has 0 unspecified atom stereocenters. The molecule has 0 saturated heterocycles. The van der Waals surface area contributed by atoms with Crippen molar-refractivity contribution in [2.45, 2.75) is 0 Å². The van der Waals surface area contributed by atoms with Crippen molar-refractivity contribution in [3.05, 3.63) is 65.5 Å². The van der Waals surface area contributed by atoms with Crippen LogP contribution in [0.4, 0.5) is 10.1 Å². The Balaban J connectivity index is 2.27. The number of terminal acetylenes is 1. The molecule has 0 heterocycles. The minimum absolute atomic E-state index is 0.000479. The monoisotopic (exact) mass is 320 g/mol. The van der Waals surface area contributed by atoms with Crippen LogP contribution in [0.2, 0.25) is 0 Å². The van der Waals surface area contributed by atoms with Crippen molar-refractivity contribution < 1.29 is 13.9 Å². The Hall–Kier alpha value is -3.57. The summed E-state index contributed by atoms with van der Waals surface area (Å²) < 4.78 is 19.0. The molecule has 0 fully saturated rings. The lowest BCUT2D eigenvalue weighted by Gasteiger charge is -2.08. The molecule has 2 rings (SSSR count). The van der Waals surface area contributed by atoms with Crippen LogP contribution in [-0.2, 0) is 4.79 Å². The molecule has 118 valence electrons. The van der Waals surface area contributed by atoms with Crippen LogP contribution in [0.1, 0.15) is 5.56 Å². The van der Waals surface area contributed by atoms with Gasteiger partial charge in [-0.05, 0) is 24.3 Å². The van der Waals surface area contributed by atoms with Gasteiger partial charge in [0.15, 0.2) is 0 Å². The van der Waals surface area contributed by atoms with Crippen molar-refractivity contribution in [3.63, 3.8) is 0 Å². The Bertz CT molecular complexity index is 860. The normalized spacial score (nSPS) is 10.4. The number of nitrogens with zero attached hydrogens (tertiary/aromatic N) is 1. The zero-order valence-electron chi connectivity index (χ0n) is 12.6. The number of nitriles is 1. The molecule has 0 spiro atoms. The van der Waals surface area contributed by atoms with Crippen LogP contribution in [0, 0.1) is 29.5 Å². The van der Waals surface area contributed by atoms with E-state index in [2.05, 4.69) is 11.2 Å². The van der Waals surface area contributed by atoms with Gasteiger partial charge < -0.3 is 10.1 Å². The van der Waals surface area contributed by atoms with E-state index >= 15 is 0 Å². The molecule has 0 saturated carbocycles. The molecule has 0 aliphatic rings. The standard InChI is InChI=1S/C19H13FN2O2/c1-2-11-24-18-10-6-3-7-14(18)12-15(13-21)19(23)22-17-9-5-4-8-16(17)20/h1,3-10,12H,11H2,(H,22,23)/b15-12+. The quantitative estimate of drug-likeness (QED) is 0.522. The first kappa shape index (κ1) is 16.8. The third-order valence-corrected chi connectivity index (χ3v) is 3.02. The number of benzene rings is 2. The summed E-state index contributed by atoms with van der Waals surface area (Å²) in [6.07, 6.45) is 6.52. The maximum absolute atomic E-state index is 13.6. The molecule has 1 amide bonds. The fourth-order valence-electron chi connectivity index (χ4n) is 1.91. The van der Waals surface area contributed by atoms with E-state index in [1.54, 1.807) is 36.4 Å². The molecule has 0 atom stereocenters. The maximum atomic E-state index is 13.6. The van der Waals surface area contributed by atoms with Crippen molar-refractivity contribution in [1.29, 1.82) is 5.26 Å². The van der Waals surface area contributed by atoms with Gasteiger partial charge in [0.25, 0.3) is 5.91 Å². The van der Waals surface area contributed by atoms with Crippen molar-refractivity contribution in [1.82, 2.24) is 0 Å². The number of para-hydroxylation sites is 2. The van der Waals surface area contributed by atoms with Crippen molar-refractivity contribution in [3.8, 4) is 24.2 Å². The first-order valence-electron chi connectivity index (χ1n) is 6.98. The number of rotatable bonds is 5. The van der Waals surface area contributed by atoms with Gasteiger partial charge in [0, 0.05) is 5.56 Å². The second-order valence-corrected chi connectivity index (χ2v) is 4.63. The first-order valence-corrected chi connectivity index (χ1v) is 6.98. The number of nitrogens with one attached hydrogen (secondary N) is 1. The summed E-state index contributed by atoms with van der Waals surface area (Å²) in [5.41, 5.74) is 0.337. The average Bonchev–Trinajstić information content (AvgIpc) is 2.60. The van der Waals surface area contributed by atoms with E-state index in [9.17, 15) is 14.4 Å². The van der Waals surface area contributed by atoms with Gasteiger partial charge in [-0.15, -0.1) is 6.42 Å². The van der Waals surface area contributed by atoms with E-state index in [1.807, 2.05) is 0 Å². The Labute approximate surface area is 139 Å². The highest BCUT2D eigenvalue weighted by molar-refractivity contribution is 6.09. The molecule has 2 aromatic carbocycles. The second kappa shape index (κ2) is 8.17. The minimum atomic E-state index is -0.714. The number of halogens is 1. The zero-order valence-corrected chi connectivity index (χ0v) is 12.6. The molecule has 0 aliphatic carbocycles. The highest BCUT2D eigenvalue weighted by Gasteiger charge is 2.13. The van der Waals surface area contributed by atoms with Crippen LogP contribution in [0.25, 0.3) is 6.08 Å². The summed E-state index contributed by atoms with van der Waals surface area (Å²) in [7, 11) is 0. The smallest absolute Gasteiger partial charge is 0.266 e. The van der Waals surface area contributed by atoms with Gasteiger partial charge in [-0.1, -0.05) is 36.3 Å². The molecular formula is C19H13FN2O2. The van der Waals surface area contributed by atoms with Crippen LogP contribution in [-0.4, -0.2) is 12.5 Å². The summed E-state index contributed by atoms with van der Waals surface area (Å²) >= 11 is 0. The summed E-state index contributed by atoms with van der Waals surface area (Å²) in [4.78, 5) is 12.2. The number of amides is 1. The highest BCUT2D eigenvalue weighted by atomic mass is 19.1. The van der Waals surface area contributed by atoms with Gasteiger partial charge in [-0.2, -0.15) is 5.26 Å². The summed E-state index contributed by atoms with van der Waals surface area (Å²) in [6.45, 7) is 0.0637. The van der Waals surface area contributed by atoms with E-state index < -0.39 is 11.7 Å². The molecule has 0 aliphatic heterocycles. The number of anilines is 1. The van der Waals surface area contributed by atoms with E-state index in [-0.39, 0.29) is 17.9 Å². The summed E-state index contributed by atoms with van der Waals surface area (Å²) in [6, 6.07) is 14.3. The topological polar surface area (TPSA) is 62.1 Å². The molecule has 24 heavy (non-hydrogen) atoms. The number of ether oxygens (including phenoxy) is 1. The molecule has 0 radical (unpaired) electrons. The van der Waals surface area contributed by atoms with Gasteiger partial charge in [0.05, 0.1) is 5.69 Å². The Morgan fingerprint density at radius 3 is 2.67 bits per heavy atom. The Morgan fingerprint density at radius 1 is 1.25 bits per heavy atom. The van der Waals surface area contributed by atoms with Crippen LogP contribution in [0.15, 0.2) is 54.1 Å². The molecule has 4 nitrogen and oxygen atoms in total. The predicted octanol–water partition coefficient (Wildman–Crippen LogP) is 3.38. The molecule has 0 aromatic heterocycles. The summed E-state index contributed by atoms with van der Waals surface area (Å²) in [5, 5.41) is 11.6. The van der Waals surface area contributed by atoms with Gasteiger partial charge in [0.1, 0.15) is 29.8 Å². The van der Waals surface area contributed by atoms with Gasteiger partial charge in [-0.25, -0.2) is 4.39 Å².